The van der Waals surface area contributed by atoms with E-state index in [1.807, 2.05) is 19.1 Å². The van der Waals surface area contributed by atoms with E-state index >= 15 is 0 Å². The van der Waals surface area contributed by atoms with E-state index in [4.69, 9.17) is 14.2 Å². The van der Waals surface area contributed by atoms with Crippen molar-refractivity contribution in [2.45, 2.75) is 46.3 Å². The second kappa shape index (κ2) is 11.7. The number of phenols is 1. The number of ether oxygens (including phenoxy) is 3. The molecule has 3 aromatic rings. The maximum Gasteiger partial charge on any atom is 0.338 e. The van der Waals surface area contributed by atoms with Gasteiger partial charge in [-0.15, -0.1) is 6.58 Å². The number of aromatic nitrogens is 1. The average molecular weight is 549 g/mol. The minimum absolute atomic E-state index is 0.0544. The Morgan fingerprint density at radius 2 is 1.97 bits per heavy atom. The highest BCUT2D eigenvalue weighted by Gasteiger charge is 2.33. The summed E-state index contributed by atoms with van der Waals surface area (Å²) in [5, 5.41) is 10.6. The number of carbonyl (C=O) groups excluding carboxylic acids is 1. The zero-order valence-corrected chi connectivity index (χ0v) is 23.5. The molecule has 0 bridgehead atoms. The molecule has 1 atom stereocenters. The van der Waals surface area contributed by atoms with E-state index in [-0.39, 0.29) is 17.4 Å². The van der Waals surface area contributed by atoms with Gasteiger partial charge in [0.15, 0.2) is 16.3 Å². The number of carbonyl (C=O) groups is 1. The Balaban J connectivity index is 1.93. The molecule has 0 saturated heterocycles. The van der Waals surface area contributed by atoms with Gasteiger partial charge in [0.1, 0.15) is 5.75 Å². The van der Waals surface area contributed by atoms with E-state index in [0.717, 1.165) is 5.56 Å². The molecule has 204 valence electrons. The summed E-state index contributed by atoms with van der Waals surface area (Å²) in [7, 11) is 1.58. The minimum Gasteiger partial charge on any atom is -0.504 e. The van der Waals surface area contributed by atoms with Crippen molar-refractivity contribution in [3.63, 3.8) is 0 Å². The molecular formula is C30H32N2O6S. The number of esters is 1. The summed E-state index contributed by atoms with van der Waals surface area (Å²) in [5.74, 6) is 0.529. The highest BCUT2D eigenvalue weighted by atomic mass is 32.1. The van der Waals surface area contributed by atoms with Crippen molar-refractivity contribution in [2.75, 3.05) is 13.7 Å². The van der Waals surface area contributed by atoms with Crippen LogP contribution < -0.4 is 24.4 Å². The van der Waals surface area contributed by atoms with Gasteiger partial charge in [-0.05, 0) is 75.6 Å². The van der Waals surface area contributed by atoms with Crippen LogP contribution in [0.5, 0.6) is 17.2 Å². The van der Waals surface area contributed by atoms with Crippen molar-refractivity contribution in [3.05, 3.63) is 96.7 Å². The summed E-state index contributed by atoms with van der Waals surface area (Å²) in [6.45, 7) is 11.3. The quantitative estimate of drug-likeness (QED) is 0.320. The van der Waals surface area contributed by atoms with Crippen molar-refractivity contribution < 1.29 is 24.1 Å². The number of fused-ring (bicyclic) bond motifs is 1. The van der Waals surface area contributed by atoms with Gasteiger partial charge in [0.05, 0.1) is 41.7 Å². The maximum absolute atomic E-state index is 13.9. The molecular weight excluding hydrogens is 516 g/mol. The van der Waals surface area contributed by atoms with Gasteiger partial charge in [-0.25, -0.2) is 9.79 Å². The molecule has 0 aliphatic carbocycles. The highest BCUT2D eigenvalue weighted by molar-refractivity contribution is 7.07. The van der Waals surface area contributed by atoms with Crippen LogP contribution in [0.25, 0.3) is 6.08 Å². The highest BCUT2D eigenvalue weighted by Crippen LogP contribution is 2.33. The van der Waals surface area contributed by atoms with Crippen LogP contribution in [0.4, 0.5) is 0 Å². The zero-order chi connectivity index (χ0) is 28.3. The number of aromatic hydroxyl groups is 1. The van der Waals surface area contributed by atoms with Crippen LogP contribution in [-0.4, -0.2) is 35.5 Å². The van der Waals surface area contributed by atoms with Gasteiger partial charge >= 0.3 is 5.97 Å². The Hall–Kier alpha value is -4.11. The van der Waals surface area contributed by atoms with Crippen LogP contribution in [0.3, 0.4) is 0 Å². The molecule has 1 N–H and O–H groups in total. The normalized spacial score (nSPS) is 15.1. The molecule has 0 radical (unpaired) electrons. The lowest BCUT2D eigenvalue weighted by Crippen LogP contribution is -2.40. The van der Waals surface area contributed by atoms with Crippen molar-refractivity contribution >= 4 is 23.4 Å². The van der Waals surface area contributed by atoms with E-state index in [9.17, 15) is 14.7 Å². The smallest absolute Gasteiger partial charge is 0.338 e. The first-order valence-electron chi connectivity index (χ1n) is 12.7. The lowest BCUT2D eigenvalue weighted by atomic mass is 9.96. The monoisotopic (exact) mass is 548 g/mol. The van der Waals surface area contributed by atoms with Crippen LogP contribution in [0.15, 0.2) is 70.1 Å². The summed E-state index contributed by atoms with van der Waals surface area (Å²) in [6.07, 6.45) is 3.54. The number of nitrogens with zero attached hydrogens (tertiary/aromatic N) is 2. The van der Waals surface area contributed by atoms with Gasteiger partial charge in [-0.3, -0.25) is 9.36 Å². The Bertz CT molecular complexity index is 1610. The van der Waals surface area contributed by atoms with E-state index < -0.39 is 12.0 Å². The number of phenolic OH excluding ortho intramolecular Hbond substituents is 1. The fraction of sp³-hybridized carbons (Fsp3) is 0.300. The summed E-state index contributed by atoms with van der Waals surface area (Å²) >= 11 is 1.23. The van der Waals surface area contributed by atoms with E-state index in [0.29, 0.717) is 56.3 Å². The molecule has 2 heterocycles. The number of allylic oxidation sites excluding steroid dienone is 2. The van der Waals surface area contributed by atoms with Gasteiger partial charge in [-0.1, -0.05) is 29.5 Å². The van der Waals surface area contributed by atoms with E-state index in [2.05, 4.69) is 11.6 Å². The van der Waals surface area contributed by atoms with Crippen molar-refractivity contribution in [3.8, 4) is 17.2 Å². The third-order valence-corrected chi connectivity index (χ3v) is 7.14. The number of methoxy groups -OCH3 is 1. The van der Waals surface area contributed by atoms with Crippen LogP contribution in [-0.2, 0) is 16.0 Å². The van der Waals surface area contributed by atoms with Crippen LogP contribution in [0, 0.1) is 0 Å². The predicted octanol–water partition coefficient (Wildman–Crippen LogP) is 4.03. The molecule has 1 aliphatic rings. The fourth-order valence-electron chi connectivity index (χ4n) is 4.46. The topological polar surface area (TPSA) is 99.4 Å². The SMILES string of the molecule is C=CCc1cc(/C=c2/sc3n(c2=O)[C@H](c2ccc(OC)cc2)C(C(=O)OC(C)C)=C(C)N=3)cc(OCC)c1O. The first-order valence-corrected chi connectivity index (χ1v) is 13.5. The molecule has 0 fully saturated rings. The number of rotatable bonds is 9. The molecule has 39 heavy (non-hydrogen) atoms. The van der Waals surface area contributed by atoms with Gasteiger partial charge in [0, 0.05) is 5.56 Å². The molecule has 9 heteroatoms. The maximum atomic E-state index is 13.9. The van der Waals surface area contributed by atoms with Gasteiger partial charge in [0.25, 0.3) is 5.56 Å². The fourth-order valence-corrected chi connectivity index (χ4v) is 5.51. The Morgan fingerprint density at radius 3 is 2.59 bits per heavy atom. The lowest BCUT2D eigenvalue weighted by Gasteiger charge is -2.25. The van der Waals surface area contributed by atoms with E-state index in [1.54, 1.807) is 64.3 Å². The second-order valence-electron chi connectivity index (χ2n) is 9.26. The molecule has 2 aromatic carbocycles. The van der Waals surface area contributed by atoms with Crippen LogP contribution in [0.2, 0.25) is 0 Å². The molecule has 0 amide bonds. The molecule has 1 aromatic heterocycles. The predicted molar refractivity (Wildman–Crippen MR) is 151 cm³/mol. The number of hydrogen-bond donors (Lipinski definition) is 1. The lowest BCUT2D eigenvalue weighted by molar-refractivity contribution is -0.143. The van der Waals surface area contributed by atoms with Crippen molar-refractivity contribution in [1.82, 2.24) is 4.57 Å². The molecule has 0 saturated carbocycles. The van der Waals surface area contributed by atoms with Crippen molar-refractivity contribution in [2.24, 2.45) is 4.99 Å². The van der Waals surface area contributed by atoms with Gasteiger partial charge in [0.2, 0.25) is 0 Å². The largest absolute Gasteiger partial charge is 0.504 e. The Labute approximate surface area is 230 Å². The third kappa shape index (κ3) is 5.68. The molecule has 8 nitrogen and oxygen atoms in total. The van der Waals surface area contributed by atoms with Gasteiger partial charge < -0.3 is 19.3 Å². The summed E-state index contributed by atoms with van der Waals surface area (Å²) in [5.41, 5.74) is 2.56. The molecule has 4 rings (SSSR count). The molecule has 0 spiro atoms. The standard InChI is InChI=1S/C30H32N2O6S/c1-7-9-21-14-19(15-23(27(21)33)37-8-2)16-24-28(34)32-26(20-10-12-22(36-6)13-11-20)25(29(35)38-17(3)4)18(5)31-30(32)39-24/h7,10-17,26,33H,1,8-9H2,2-6H3/b24-16+/t26-/m1/s1. The number of thiazole rings is 1. The van der Waals surface area contributed by atoms with Crippen molar-refractivity contribution in [1.29, 1.82) is 0 Å². The minimum atomic E-state index is -0.726. The summed E-state index contributed by atoms with van der Waals surface area (Å²) in [6, 6.07) is 10.0. The molecule has 0 unspecified atom stereocenters. The average Bonchev–Trinajstić information content (AvgIpc) is 3.19. The zero-order valence-electron chi connectivity index (χ0n) is 22.7. The van der Waals surface area contributed by atoms with Crippen LogP contribution in [0.1, 0.15) is 50.4 Å². The first-order chi connectivity index (χ1) is 18.7. The second-order valence-corrected chi connectivity index (χ2v) is 10.3. The number of benzene rings is 2. The van der Waals surface area contributed by atoms with Gasteiger partial charge in [-0.2, -0.15) is 0 Å². The first kappa shape index (κ1) is 27.9. The van der Waals surface area contributed by atoms with Crippen LogP contribution >= 0.6 is 11.3 Å². The molecule has 1 aliphatic heterocycles. The Kier molecular flexibility index (Phi) is 8.40. The third-order valence-electron chi connectivity index (χ3n) is 6.15. The van der Waals surface area contributed by atoms with E-state index in [1.165, 1.54) is 15.9 Å². The summed E-state index contributed by atoms with van der Waals surface area (Å²) in [4.78, 5) is 32.2. The Morgan fingerprint density at radius 1 is 1.26 bits per heavy atom. The summed E-state index contributed by atoms with van der Waals surface area (Å²) < 4.78 is 18.4. The number of hydrogen-bond acceptors (Lipinski definition) is 8.